The van der Waals surface area contributed by atoms with E-state index in [1.54, 1.807) is 32.4 Å². The van der Waals surface area contributed by atoms with Crippen molar-refractivity contribution in [1.82, 2.24) is 10.2 Å². The minimum atomic E-state index is -0.337. The Labute approximate surface area is 177 Å². The van der Waals surface area contributed by atoms with Crippen molar-refractivity contribution in [2.45, 2.75) is 51.5 Å². The Balaban J connectivity index is 1.62. The molecule has 30 heavy (non-hydrogen) atoms. The van der Waals surface area contributed by atoms with Crippen LogP contribution in [-0.2, 0) is 9.59 Å². The molecule has 164 valence electrons. The van der Waals surface area contributed by atoms with Crippen LogP contribution in [0.25, 0.3) is 0 Å². The van der Waals surface area contributed by atoms with Gasteiger partial charge >= 0.3 is 6.03 Å². The van der Waals surface area contributed by atoms with Crippen LogP contribution in [0.15, 0.2) is 18.2 Å². The van der Waals surface area contributed by atoms with Gasteiger partial charge in [0.1, 0.15) is 11.5 Å². The monoisotopic (exact) mass is 417 g/mol. The second-order valence-corrected chi connectivity index (χ2v) is 7.96. The van der Waals surface area contributed by atoms with Gasteiger partial charge in [0, 0.05) is 42.4 Å². The van der Waals surface area contributed by atoms with E-state index in [0.29, 0.717) is 43.0 Å². The zero-order valence-corrected chi connectivity index (χ0v) is 17.9. The molecule has 1 heterocycles. The number of carbonyl (C=O) groups excluding carboxylic acids is 3. The highest BCUT2D eigenvalue weighted by molar-refractivity contribution is 5.99. The zero-order valence-electron chi connectivity index (χ0n) is 17.9. The number of unbranched alkanes of at least 4 members (excludes halogenated alkanes) is 2. The number of ether oxygens (including phenoxy) is 2. The van der Waals surface area contributed by atoms with Gasteiger partial charge in [-0.15, -0.1) is 0 Å². The van der Waals surface area contributed by atoms with Gasteiger partial charge in [-0.2, -0.15) is 0 Å². The van der Waals surface area contributed by atoms with Gasteiger partial charge in [0.15, 0.2) is 0 Å². The first-order valence-electron chi connectivity index (χ1n) is 10.6. The Kier molecular flexibility index (Phi) is 7.18. The molecule has 1 saturated heterocycles. The van der Waals surface area contributed by atoms with Crippen LogP contribution in [0.2, 0.25) is 0 Å². The molecule has 3 unspecified atom stereocenters. The number of imide groups is 1. The third-order valence-corrected chi connectivity index (χ3v) is 5.96. The maximum atomic E-state index is 12.8. The summed E-state index contributed by atoms with van der Waals surface area (Å²) >= 11 is 0. The molecular formula is C22H31N3O5. The van der Waals surface area contributed by atoms with E-state index in [1.165, 1.54) is 4.90 Å². The van der Waals surface area contributed by atoms with Gasteiger partial charge in [-0.25, -0.2) is 4.79 Å². The summed E-state index contributed by atoms with van der Waals surface area (Å²) in [7, 11) is 3.10. The van der Waals surface area contributed by atoms with E-state index in [2.05, 4.69) is 17.6 Å². The molecule has 0 spiro atoms. The van der Waals surface area contributed by atoms with Gasteiger partial charge in [0.25, 0.3) is 0 Å². The van der Waals surface area contributed by atoms with Crippen molar-refractivity contribution in [3.63, 3.8) is 0 Å². The molecule has 3 atom stereocenters. The van der Waals surface area contributed by atoms with Crippen molar-refractivity contribution in [3.8, 4) is 11.5 Å². The number of nitrogens with one attached hydrogen (secondary N) is 2. The number of urea groups is 1. The Morgan fingerprint density at radius 1 is 1.13 bits per heavy atom. The van der Waals surface area contributed by atoms with Crippen LogP contribution in [0, 0.1) is 11.8 Å². The summed E-state index contributed by atoms with van der Waals surface area (Å²) in [6, 6.07) is 4.56. The highest BCUT2D eigenvalue weighted by Gasteiger charge is 2.45. The summed E-state index contributed by atoms with van der Waals surface area (Å²) in [6.45, 7) is 2.55. The summed E-state index contributed by atoms with van der Waals surface area (Å²) in [5.41, 5.74) is 0.587. The van der Waals surface area contributed by atoms with Crippen LogP contribution in [0.4, 0.5) is 10.5 Å². The average molecular weight is 418 g/mol. The third kappa shape index (κ3) is 4.86. The van der Waals surface area contributed by atoms with E-state index in [9.17, 15) is 14.4 Å². The number of hydrogen-bond donors (Lipinski definition) is 2. The van der Waals surface area contributed by atoms with E-state index in [-0.39, 0.29) is 35.7 Å². The quantitative estimate of drug-likeness (QED) is 0.633. The Hall–Kier alpha value is -2.77. The molecule has 1 aliphatic heterocycles. The number of nitrogens with zero attached hydrogens (tertiary/aromatic N) is 1. The summed E-state index contributed by atoms with van der Waals surface area (Å²) in [5.74, 6) is 0.420. The molecule has 0 radical (unpaired) electrons. The molecule has 2 aliphatic rings. The van der Waals surface area contributed by atoms with Gasteiger partial charge < -0.3 is 20.1 Å². The lowest BCUT2D eigenvalue weighted by Crippen LogP contribution is -2.62. The highest BCUT2D eigenvalue weighted by Crippen LogP contribution is 2.34. The number of hydrogen-bond acceptors (Lipinski definition) is 5. The zero-order chi connectivity index (χ0) is 21.7. The molecule has 1 saturated carbocycles. The van der Waals surface area contributed by atoms with Gasteiger partial charge in [-0.05, 0) is 25.7 Å². The standard InChI is InChI=1S/C22H31N3O5/c1-4-5-6-9-25-21(27)18-8-7-14(10-19(18)24-22(25)28)20(26)23-15-11-16(29-2)13-17(12-15)30-3/h11-14,18-19H,4-10H2,1-3H3,(H,23,26)(H,24,28). The lowest BCUT2D eigenvalue weighted by atomic mass is 9.76. The summed E-state index contributed by atoms with van der Waals surface area (Å²) in [4.78, 5) is 39.4. The Morgan fingerprint density at radius 2 is 1.83 bits per heavy atom. The number of carbonyl (C=O) groups is 3. The maximum absolute atomic E-state index is 12.8. The first-order valence-corrected chi connectivity index (χ1v) is 10.6. The van der Waals surface area contributed by atoms with Gasteiger partial charge in [0.2, 0.25) is 11.8 Å². The second kappa shape index (κ2) is 9.82. The lowest BCUT2D eigenvalue weighted by molar-refractivity contribution is -0.138. The molecule has 0 bridgehead atoms. The molecule has 1 aliphatic carbocycles. The second-order valence-electron chi connectivity index (χ2n) is 7.96. The highest BCUT2D eigenvalue weighted by atomic mass is 16.5. The minimum Gasteiger partial charge on any atom is -0.497 e. The SMILES string of the molecule is CCCCCN1C(=O)NC2CC(C(=O)Nc3cc(OC)cc(OC)c3)CCC2C1=O. The molecule has 4 amide bonds. The molecule has 0 aromatic heterocycles. The molecular weight excluding hydrogens is 386 g/mol. The van der Waals surface area contributed by atoms with Crippen LogP contribution < -0.4 is 20.1 Å². The predicted octanol–water partition coefficient (Wildman–Crippen LogP) is 3.17. The maximum Gasteiger partial charge on any atom is 0.324 e. The summed E-state index contributed by atoms with van der Waals surface area (Å²) in [6.07, 6.45) is 4.50. The molecule has 8 heteroatoms. The molecule has 3 rings (SSSR count). The number of methoxy groups -OCH3 is 2. The summed E-state index contributed by atoms with van der Waals surface area (Å²) in [5, 5.41) is 5.87. The van der Waals surface area contributed by atoms with Crippen LogP contribution in [0.5, 0.6) is 11.5 Å². The number of fused-ring (bicyclic) bond motifs is 1. The Morgan fingerprint density at radius 3 is 2.47 bits per heavy atom. The number of amides is 4. The normalized spacial score (nSPS) is 23.4. The van der Waals surface area contributed by atoms with Crippen molar-refractivity contribution in [2.75, 3.05) is 26.1 Å². The van der Waals surface area contributed by atoms with Crippen molar-refractivity contribution in [3.05, 3.63) is 18.2 Å². The van der Waals surface area contributed by atoms with Crippen molar-refractivity contribution in [1.29, 1.82) is 0 Å². The van der Waals surface area contributed by atoms with E-state index in [0.717, 1.165) is 19.3 Å². The first kappa shape index (κ1) is 21.9. The van der Waals surface area contributed by atoms with Crippen molar-refractivity contribution in [2.24, 2.45) is 11.8 Å². The Bertz CT molecular complexity index is 775. The van der Waals surface area contributed by atoms with E-state index < -0.39 is 0 Å². The van der Waals surface area contributed by atoms with Crippen LogP contribution in [0.1, 0.15) is 45.4 Å². The molecule has 2 N–H and O–H groups in total. The lowest BCUT2D eigenvalue weighted by Gasteiger charge is -2.42. The fourth-order valence-corrected chi connectivity index (χ4v) is 4.26. The van der Waals surface area contributed by atoms with E-state index in [1.807, 2.05) is 0 Å². The van der Waals surface area contributed by atoms with E-state index in [4.69, 9.17) is 9.47 Å². The van der Waals surface area contributed by atoms with Crippen LogP contribution in [-0.4, -0.2) is 49.6 Å². The number of anilines is 1. The number of benzene rings is 1. The summed E-state index contributed by atoms with van der Waals surface area (Å²) < 4.78 is 10.5. The molecule has 1 aromatic rings. The van der Waals surface area contributed by atoms with Gasteiger partial charge in [-0.1, -0.05) is 19.8 Å². The van der Waals surface area contributed by atoms with Crippen molar-refractivity contribution >= 4 is 23.5 Å². The smallest absolute Gasteiger partial charge is 0.324 e. The predicted molar refractivity (Wildman–Crippen MR) is 113 cm³/mol. The first-order chi connectivity index (χ1) is 14.5. The van der Waals surface area contributed by atoms with Crippen LogP contribution >= 0.6 is 0 Å². The fraction of sp³-hybridized carbons (Fsp3) is 0.591. The van der Waals surface area contributed by atoms with E-state index >= 15 is 0 Å². The topological polar surface area (TPSA) is 97.0 Å². The number of rotatable bonds is 8. The third-order valence-electron chi connectivity index (χ3n) is 5.96. The fourth-order valence-electron chi connectivity index (χ4n) is 4.26. The van der Waals surface area contributed by atoms with Gasteiger partial charge in [0.05, 0.1) is 20.1 Å². The molecule has 2 fully saturated rings. The molecule has 8 nitrogen and oxygen atoms in total. The van der Waals surface area contributed by atoms with Crippen LogP contribution in [0.3, 0.4) is 0 Å². The molecule has 1 aromatic carbocycles. The average Bonchev–Trinajstić information content (AvgIpc) is 2.75. The van der Waals surface area contributed by atoms with Gasteiger partial charge in [-0.3, -0.25) is 14.5 Å². The van der Waals surface area contributed by atoms with Crippen molar-refractivity contribution < 1.29 is 23.9 Å². The largest absolute Gasteiger partial charge is 0.497 e. The minimum absolute atomic E-state index is 0.101.